The molecule has 5 unspecified atom stereocenters. The Kier molecular flexibility index (Phi) is 6.34. The smallest absolute Gasteiger partial charge is 0.231 e. The van der Waals surface area contributed by atoms with E-state index in [-0.39, 0.29) is 36.2 Å². The van der Waals surface area contributed by atoms with E-state index in [0.29, 0.717) is 50.7 Å². The molecule has 1 saturated heterocycles. The first-order valence-electron chi connectivity index (χ1n) is 11.1. The van der Waals surface area contributed by atoms with E-state index in [1.807, 2.05) is 11.8 Å². The lowest BCUT2D eigenvalue weighted by Gasteiger charge is -2.58. The third kappa shape index (κ3) is 4.18. The van der Waals surface area contributed by atoms with Crippen LogP contribution < -0.4 is 4.72 Å². The number of nitrogens with zero attached hydrogens (tertiary/aromatic N) is 2. The zero-order valence-electron chi connectivity index (χ0n) is 18.8. The van der Waals surface area contributed by atoms with Crippen LogP contribution in [-0.2, 0) is 26.0 Å². The molecule has 0 aromatic carbocycles. The third-order valence-electron chi connectivity index (χ3n) is 7.91. The Morgan fingerprint density at radius 2 is 2.03 bits per heavy atom. The Balaban J connectivity index is 1.75. The molecule has 2 fully saturated rings. The van der Waals surface area contributed by atoms with Gasteiger partial charge in [0.05, 0.1) is 37.9 Å². The van der Waals surface area contributed by atoms with Gasteiger partial charge in [-0.1, -0.05) is 13.8 Å². The molecule has 2 heterocycles. The highest BCUT2D eigenvalue weighted by Crippen LogP contribution is 2.62. The summed E-state index contributed by atoms with van der Waals surface area (Å²) in [4.78, 5) is 20.7. The number of thiazole rings is 1. The van der Waals surface area contributed by atoms with Gasteiger partial charge in [0, 0.05) is 35.7 Å². The predicted octanol–water partition coefficient (Wildman–Crippen LogP) is 1.18. The fourth-order valence-electron chi connectivity index (χ4n) is 5.96. The molecule has 4 rings (SSSR count). The predicted molar refractivity (Wildman–Crippen MR) is 121 cm³/mol. The summed E-state index contributed by atoms with van der Waals surface area (Å²) in [7, 11) is -3.48. The van der Waals surface area contributed by atoms with Gasteiger partial charge >= 0.3 is 0 Å². The molecule has 0 radical (unpaired) electrons. The number of aliphatic hydroxyl groups excluding tert-OH is 2. The molecule has 1 aromatic rings. The number of aromatic nitrogens is 1. The van der Waals surface area contributed by atoms with E-state index in [9.17, 15) is 23.4 Å². The van der Waals surface area contributed by atoms with Gasteiger partial charge in [0.2, 0.25) is 15.9 Å². The fraction of sp³-hybridized carbons (Fsp3) is 0.810. The summed E-state index contributed by atoms with van der Waals surface area (Å²) in [5, 5.41) is 21.4. The number of hydrogen-bond acceptors (Lipinski definition) is 8. The molecule has 1 aromatic heterocycles. The van der Waals surface area contributed by atoms with Gasteiger partial charge < -0.3 is 19.8 Å². The second-order valence-electron chi connectivity index (χ2n) is 9.93. The van der Waals surface area contributed by atoms with E-state index in [4.69, 9.17) is 4.74 Å². The van der Waals surface area contributed by atoms with Crippen LogP contribution in [0, 0.1) is 16.7 Å². The molecule has 11 heteroatoms. The molecule has 3 aliphatic rings. The van der Waals surface area contributed by atoms with Gasteiger partial charge in [0.15, 0.2) is 5.13 Å². The maximum atomic E-state index is 13.3. The molecule has 0 spiro atoms. The molecule has 1 saturated carbocycles. The van der Waals surface area contributed by atoms with Gasteiger partial charge in [-0.2, -0.15) is 0 Å². The fourth-order valence-corrected chi connectivity index (χ4v) is 7.87. The SMILES string of the molecule is CC1(CO)C(O)CCC2(C)C(CC(=O)N3CCOCC3)c3nc(NS(C)(=O)=O)sc3CC12. The number of hydrogen-bond donors (Lipinski definition) is 3. The van der Waals surface area contributed by atoms with Crippen LogP contribution in [0.25, 0.3) is 0 Å². The lowest BCUT2D eigenvalue weighted by atomic mass is 9.47. The second-order valence-corrected chi connectivity index (χ2v) is 12.8. The molecule has 1 amide bonds. The van der Waals surface area contributed by atoms with E-state index in [1.54, 1.807) is 0 Å². The number of fused-ring (bicyclic) bond motifs is 2. The van der Waals surface area contributed by atoms with Crippen molar-refractivity contribution in [3.8, 4) is 0 Å². The standard InChI is InChI=1S/C21H33N3O6S2/c1-20-5-4-16(26)21(2,12-25)15(20)11-14-18(22-19(31-14)23-32(3,28)29)13(20)10-17(27)24-6-8-30-9-7-24/h13,15-16,25-26H,4-12H2,1-3H3,(H,22,23). The van der Waals surface area contributed by atoms with Gasteiger partial charge in [-0.05, 0) is 30.6 Å². The second kappa shape index (κ2) is 8.50. The van der Waals surface area contributed by atoms with Crippen molar-refractivity contribution < 1.29 is 28.2 Å². The number of morpholine rings is 1. The first kappa shape index (κ1) is 23.9. The molecule has 9 nitrogen and oxygen atoms in total. The van der Waals surface area contributed by atoms with E-state index in [2.05, 4.69) is 16.6 Å². The van der Waals surface area contributed by atoms with E-state index < -0.39 is 21.5 Å². The number of ether oxygens (including phenoxy) is 1. The van der Waals surface area contributed by atoms with Crippen molar-refractivity contribution in [3.05, 3.63) is 10.6 Å². The molecule has 5 atom stereocenters. The van der Waals surface area contributed by atoms with Gasteiger partial charge in [-0.3, -0.25) is 9.52 Å². The monoisotopic (exact) mass is 487 g/mol. The van der Waals surface area contributed by atoms with Crippen LogP contribution in [0.1, 0.15) is 49.6 Å². The van der Waals surface area contributed by atoms with Crippen LogP contribution >= 0.6 is 11.3 Å². The Hall–Kier alpha value is -1.27. The van der Waals surface area contributed by atoms with Gasteiger partial charge in [0.1, 0.15) is 0 Å². The summed E-state index contributed by atoms with van der Waals surface area (Å²) in [5.41, 5.74) is -0.292. The van der Waals surface area contributed by atoms with E-state index >= 15 is 0 Å². The number of rotatable bonds is 5. The third-order valence-corrected chi connectivity index (χ3v) is 9.61. The zero-order valence-corrected chi connectivity index (χ0v) is 20.5. The van der Waals surface area contributed by atoms with Crippen molar-refractivity contribution in [2.45, 2.75) is 51.6 Å². The van der Waals surface area contributed by atoms with Gasteiger partial charge in [-0.25, -0.2) is 13.4 Å². The Bertz CT molecular complexity index is 976. The number of carbonyl (C=O) groups is 1. The minimum Gasteiger partial charge on any atom is -0.396 e. The highest BCUT2D eigenvalue weighted by atomic mass is 32.2. The number of sulfonamides is 1. The molecule has 1 aliphatic heterocycles. The largest absolute Gasteiger partial charge is 0.396 e. The maximum Gasteiger partial charge on any atom is 0.231 e. The summed E-state index contributed by atoms with van der Waals surface area (Å²) in [5.74, 6) is -0.254. The molecule has 0 bridgehead atoms. The Morgan fingerprint density at radius 3 is 2.66 bits per heavy atom. The molecule has 180 valence electrons. The average molecular weight is 488 g/mol. The number of aliphatic hydroxyl groups is 2. The van der Waals surface area contributed by atoms with Crippen molar-refractivity contribution in [3.63, 3.8) is 0 Å². The normalized spacial score (nSPS) is 35.2. The topological polar surface area (TPSA) is 129 Å². The van der Waals surface area contributed by atoms with Gasteiger partial charge in [-0.15, -0.1) is 11.3 Å². The minimum atomic E-state index is -3.48. The lowest BCUT2D eigenvalue weighted by Crippen LogP contribution is -2.58. The van der Waals surface area contributed by atoms with Gasteiger partial charge in [0.25, 0.3) is 0 Å². The first-order valence-corrected chi connectivity index (χ1v) is 13.8. The molecule has 32 heavy (non-hydrogen) atoms. The highest BCUT2D eigenvalue weighted by Gasteiger charge is 2.59. The van der Waals surface area contributed by atoms with E-state index in [1.165, 1.54) is 11.3 Å². The average Bonchev–Trinajstić information content (AvgIpc) is 3.13. The molecule has 3 N–H and O–H groups in total. The zero-order chi connectivity index (χ0) is 23.3. The van der Waals surface area contributed by atoms with Crippen LogP contribution in [0.4, 0.5) is 5.13 Å². The van der Waals surface area contributed by atoms with E-state index in [0.717, 1.165) is 16.8 Å². The summed E-state index contributed by atoms with van der Waals surface area (Å²) >= 11 is 1.29. The maximum absolute atomic E-state index is 13.3. The van der Waals surface area contributed by atoms with Crippen molar-refractivity contribution in [1.29, 1.82) is 0 Å². The quantitative estimate of drug-likeness (QED) is 0.569. The lowest BCUT2D eigenvalue weighted by molar-refractivity contribution is -0.149. The summed E-state index contributed by atoms with van der Waals surface area (Å²) in [6, 6.07) is 0. The number of nitrogens with one attached hydrogen (secondary N) is 1. The van der Waals surface area contributed by atoms with Crippen molar-refractivity contribution in [2.75, 3.05) is 43.9 Å². The molecular formula is C21H33N3O6S2. The summed E-state index contributed by atoms with van der Waals surface area (Å²) in [6.45, 7) is 6.07. The highest BCUT2D eigenvalue weighted by molar-refractivity contribution is 7.92. The first-order chi connectivity index (χ1) is 15.0. The number of anilines is 1. The van der Waals surface area contributed by atoms with Crippen LogP contribution in [-0.4, -0.2) is 79.7 Å². The van der Waals surface area contributed by atoms with Crippen molar-refractivity contribution in [1.82, 2.24) is 9.88 Å². The Morgan fingerprint density at radius 1 is 1.34 bits per heavy atom. The summed E-state index contributed by atoms with van der Waals surface area (Å²) < 4.78 is 31.5. The number of carbonyl (C=O) groups excluding carboxylic acids is 1. The number of amides is 1. The molecule has 2 aliphatic carbocycles. The summed E-state index contributed by atoms with van der Waals surface area (Å²) in [6.07, 6.45) is 2.56. The van der Waals surface area contributed by atoms with Crippen LogP contribution in [0.15, 0.2) is 0 Å². The Labute approximate surface area is 193 Å². The van der Waals surface area contributed by atoms with Crippen LogP contribution in [0.2, 0.25) is 0 Å². The van der Waals surface area contributed by atoms with Crippen molar-refractivity contribution >= 4 is 32.4 Å². The van der Waals surface area contributed by atoms with Crippen LogP contribution in [0.3, 0.4) is 0 Å². The molecular weight excluding hydrogens is 454 g/mol. The minimum absolute atomic E-state index is 0.0357. The van der Waals surface area contributed by atoms with Crippen molar-refractivity contribution in [2.24, 2.45) is 16.7 Å². The van der Waals surface area contributed by atoms with Crippen LogP contribution in [0.5, 0.6) is 0 Å².